The first kappa shape index (κ1) is 9.74. The van der Waals surface area contributed by atoms with Crippen LogP contribution in [0.4, 0.5) is 5.69 Å². The predicted molar refractivity (Wildman–Crippen MR) is 59.9 cm³/mol. The van der Waals surface area contributed by atoms with Crippen LogP contribution in [-0.2, 0) is 0 Å². The minimum Gasteiger partial charge on any atom is -0.457 e. The molecule has 2 nitrogen and oxygen atoms in total. The zero-order valence-corrected chi connectivity index (χ0v) is 8.39. The Bertz CT molecular complexity index is 408. The average Bonchev–Trinajstić information content (AvgIpc) is 2.31. The SMILES string of the molecule is [CH2-][NH2+]c1ccc(Oc2ccccc2)cc1. The van der Waals surface area contributed by atoms with E-state index < -0.39 is 0 Å². The molecule has 0 fully saturated rings. The van der Waals surface area contributed by atoms with Gasteiger partial charge in [-0.3, -0.25) is 0 Å². The Morgan fingerprint density at radius 1 is 0.800 bits per heavy atom. The molecule has 0 aliphatic heterocycles. The van der Waals surface area contributed by atoms with Crippen molar-refractivity contribution in [2.75, 3.05) is 0 Å². The van der Waals surface area contributed by atoms with Crippen molar-refractivity contribution in [1.82, 2.24) is 0 Å². The molecular weight excluding hydrogens is 186 g/mol. The third-order valence-electron chi connectivity index (χ3n) is 2.09. The van der Waals surface area contributed by atoms with Crippen molar-refractivity contribution in [2.24, 2.45) is 0 Å². The number of hydrogen-bond donors (Lipinski definition) is 1. The lowest BCUT2D eigenvalue weighted by Gasteiger charge is -2.05. The molecule has 0 saturated heterocycles. The first-order valence-electron chi connectivity index (χ1n) is 4.84. The van der Waals surface area contributed by atoms with E-state index in [2.05, 4.69) is 7.05 Å². The molecule has 0 heterocycles. The first-order valence-corrected chi connectivity index (χ1v) is 4.84. The van der Waals surface area contributed by atoms with Gasteiger partial charge in [-0.1, -0.05) is 18.2 Å². The largest absolute Gasteiger partial charge is 0.457 e. The van der Waals surface area contributed by atoms with Crippen molar-refractivity contribution in [3.05, 3.63) is 61.6 Å². The van der Waals surface area contributed by atoms with Crippen LogP contribution in [0, 0.1) is 7.05 Å². The van der Waals surface area contributed by atoms with Crippen molar-refractivity contribution in [3.63, 3.8) is 0 Å². The third kappa shape index (κ3) is 2.58. The molecule has 0 aliphatic rings. The van der Waals surface area contributed by atoms with Gasteiger partial charge in [0.1, 0.15) is 17.2 Å². The number of quaternary nitrogens is 1. The molecule has 2 N–H and O–H groups in total. The lowest BCUT2D eigenvalue weighted by atomic mass is 10.3. The van der Waals surface area contributed by atoms with Gasteiger partial charge in [-0.2, -0.15) is 0 Å². The third-order valence-corrected chi connectivity index (χ3v) is 2.09. The van der Waals surface area contributed by atoms with Crippen LogP contribution in [0.3, 0.4) is 0 Å². The highest BCUT2D eigenvalue weighted by Gasteiger charge is 1.96. The van der Waals surface area contributed by atoms with Crippen LogP contribution >= 0.6 is 0 Å². The highest BCUT2D eigenvalue weighted by Crippen LogP contribution is 2.21. The van der Waals surface area contributed by atoms with Crippen LogP contribution in [0.5, 0.6) is 11.5 Å². The van der Waals surface area contributed by atoms with E-state index in [0.717, 1.165) is 17.2 Å². The van der Waals surface area contributed by atoms with Crippen LogP contribution in [0.25, 0.3) is 0 Å². The molecule has 0 radical (unpaired) electrons. The zero-order chi connectivity index (χ0) is 10.5. The van der Waals surface area contributed by atoms with Gasteiger partial charge in [0.2, 0.25) is 0 Å². The van der Waals surface area contributed by atoms with E-state index in [-0.39, 0.29) is 0 Å². The van der Waals surface area contributed by atoms with E-state index in [1.54, 1.807) is 0 Å². The van der Waals surface area contributed by atoms with Gasteiger partial charge in [-0.15, -0.1) is 7.05 Å². The maximum Gasteiger partial charge on any atom is 0.127 e. The summed E-state index contributed by atoms with van der Waals surface area (Å²) in [7, 11) is 3.70. The van der Waals surface area contributed by atoms with Gasteiger partial charge in [0.15, 0.2) is 0 Å². The minimum atomic E-state index is 0.840. The fraction of sp³-hybridized carbons (Fsp3) is 0. The van der Waals surface area contributed by atoms with Gasteiger partial charge in [-0.05, 0) is 24.3 Å². The standard InChI is InChI=1S/C13H13NO/c1-14-11-7-9-13(10-8-11)15-12-5-3-2-4-6-12/h2-10H,1,14H2. The highest BCUT2D eigenvalue weighted by molar-refractivity contribution is 5.37. The van der Waals surface area contributed by atoms with Crippen LogP contribution < -0.4 is 10.1 Å². The number of nitrogens with two attached hydrogens (primary N) is 1. The molecule has 0 unspecified atom stereocenters. The van der Waals surface area contributed by atoms with Crippen molar-refractivity contribution >= 4 is 5.69 Å². The Kier molecular flexibility index (Phi) is 3.00. The molecule has 2 rings (SSSR count). The summed E-state index contributed by atoms with van der Waals surface area (Å²) in [5, 5.41) is 1.81. The maximum absolute atomic E-state index is 5.64. The molecule has 0 amide bonds. The average molecular weight is 199 g/mol. The second kappa shape index (κ2) is 4.62. The summed E-state index contributed by atoms with van der Waals surface area (Å²) in [6.45, 7) is 0. The molecule has 0 spiro atoms. The summed E-state index contributed by atoms with van der Waals surface area (Å²) in [6.07, 6.45) is 0. The number of ether oxygens (including phenoxy) is 1. The summed E-state index contributed by atoms with van der Waals surface area (Å²) in [6, 6.07) is 17.6. The molecule has 2 heteroatoms. The Balaban J connectivity index is 2.11. The van der Waals surface area contributed by atoms with Crippen LogP contribution in [0.1, 0.15) is 0 Å². The lowest BCUT2D eigenvalue weighted by Crippen LogP contribution is -2.69. The van der Waals surface area contributed by atoms with E-state index in [9.17, 15) is 0 Å². The summed E-state index contributed by atoms with van der Waals surface area (Å²) >= 11 is 0. The van der Waals surface area contributed by atoms with Gasteiger partial charge in [0.05, 0.1) is 0 Å². The highest BCUT2D eigenvalue weighted by atomic mass is 16.5. The maximum atomic E-state index is 5.64. The van der Waals surface area contributed by atoms with E-state index >= 15 is 0 Å². The van der Waals surface area contributed by atoms with Gasteiger partial charge in [-0.25, -0.2) is 0 Å². The normalized spacial score (nSPS) is 9.93. The fourth-order valence-electron chi connectivity index (χ4n) is 1.30. The molecule has 2 aromatic rings. The quantitative estimate of drug-likeness (QED) is 0.596. The molecule has 0 bridgehead atoms. The van der Waals surface area contributed by atoms with Gasteiger partial charge in [0.25, 0.3) is 0 Å². The van der Waals surface area contributed by atoms with Crippen LogP contribution in [0.2, 0.25) is 0 Å². The number of rotatable bonds is 3. The second-order valence-corrected chi connectivity index (χ2v) is 3.19. The Labute approximate surface area is 89.5 Å². The van der Waals surface area contributed by atoms with Gasteiger partial charge >= 0.3 is 0 Å². The topological polar surface area (TPSA) is 25.8 Å². The summed E-state index contributed by atoms with van der Waals surface area (Å²) in [5.41, 5.74) is 1.09. The number of para-hydroxylation sites is 1. The van der Waals surface area contributed by atoms with Gasteiger partial charge in [0, 0.05) is 12.1 Å². The summed E-state index contributed by atoms with van der Waals surface area (Å²) in [5.74, 6) is 1.69. The lowest BCUT2D eigenvalue weighted by molar-refractivity contribution is -0.504. The van der Waals surface area contributed by atoms with Crippen molar-refractivity contribution < 1.29 is 10.1 Å². The Hall–Kier alpha value is -1.80. The smallest absolute Gasteiger partial charge is 0.127 e. The van der Waals surface area contributed by atoms with Crippen molar-refractivity contribution in [1.29, 1.82) is 0 Å². The molecule has 0 aliphatic carbocycles. The molecular formula is C13H13NO. The summed E-state index contributed by atoms with van der Waals surface area (Å²) < 4.78 is 5.64. The molecule has 0 saturated carbocycles. The first-order chi connectivity index (χ1) is 7.38. The Morgan fingerprint density at radius 2 is 1.40 bits per heavy atom. The predicted octanol–water partition coefficient (Wildman–Crippen LogP) is 2.47. The molecule has 2 aromatic carbocycles. The van der Waals surface area contributed by atoms with Crippen LogP contribution in [-0.4, -0.2) is 0 Å². The van der Waals surface area contributed by atoms with Crippen molar-refractivity contribution in [3.8, 4) is 11.5 Å². The zero-order valence-electron chi connectivity index (χ0n) is 8.39. The van der Waals surface area contributed by atoms with Gasteiger partial charge < -0.3 is 10.1 Å². The monoisotopic (exact) mass is 199 g/mol. The fourth-order valence-corrected chi connectivity index (χ4v) is 1.30. The molecule has 76 valence electrons. The van der Waals surface area contributed by atoms with Crippen LogP contribution in [0.15, 0.2) is 54.6 Å². The van der Waals surface area contributed by atoms with Crippen molar-refractivity contribution in [2.45, 2.75) is 0 Å². The molecule has 15 heavy (non-hydrogen) atoms. The molecule has 0 aromatic heterocycles. The van der Waals surface area contributed by atoms with E-state index in [1.807, 2.05) is 59.9 Å². The minimum absolute atomic E-state index is 0.840. The molecule has 0 atom stereocenters. The number of benzene rings is 2. The Morgan fingerprint density at radius 3 is 2.00 bits per heavy atom. The number of hydrogen-bond acceptors (Lipinski definition) is 1. The summed E-state index contributed by atoms with van der Waals surface area (Å²) in [4.78, 5) is 0. The van der Waals surface area contributed by atoms with E-state index in [1.165, 1.54) is 0 Å². The van der Waals surface area contributed by atoms with E-state index in [0.29, 0.717) is 0 Å². The van der Waals surface area contributed by atoms with E-state index in [4.69, 9.17) is 4.74 Å². The second-order valence-electron chi connectivity index (χ2n) is 3.19.